The molecule has 150 valence electrons. The minimum Gasteiger partial charge on any atom is -0.485 e. The molecule has 0 amide bonds. The van der Waals surface area contributed by atoms with Crippen molar-refractivity contribution in [2.45, 2.75) is 26.4 Å². The summed E-state index contributed by atoms with van der Waals surface area (Å²) in [6, 6.07) is 19.7. The number of nitrogens with zero attached hydrogens (tertiary/aromatic N) is 2. The summed E-state index contributed by atoms with van der Waals surface area (Å²) >= 11 is 0. The zero-order valence-electron chi connectivity index (χ0n) is 17.0. The molecule has 4 aromatic rings. The highest BCUT2D eigenvalue weighted by atomic mass is 16.6. The Kier molecular flexibility index (Phi) is 4.51. The molecule has 0 saturated heterocycles. The Morgan fingerprint density at radius 1 is 1.00 bits per heavy atom. The maximum Gasteiger partial charge on any atom is 0.191 e. The van der Waals surface area contributed by atoms with Gasteiger partial charge in [0.05, 0.1) is 17.8 Å². The first-order chi connectivity index (χ1) is 14.6. The van der Waals surface area contributed by atoms with Crippen molar-refractivity contribution in [1.29, 1.82) is 0 Å². The molecule has 0 radical (unpaired) electrons. The van der Waals surface area contributed by atoms with Gasteiger partial charge in [-0.05, 0) is 37.6 Å². The maximum absolute atomic E-state index is 13.2. The van der Waals surface area contributed by atoms with Crippen LogP contribution in [0.3, 0.4) is 0 Å². The van der Waals surface area contributed by atoms with Gasteiger partial charge >= 0.3 is 0 Å². The topological polar surface area (TPSA) is 52.8 Å². The molecule has 5 rings (SSSR count). The van der Waals surface area contributed by atoms with Crippen molar-refractivity contribution in [2.75, 3.05) is 6.61 Å². The SMILES string of the molecule is Cc1ccc(-c2nc3ccc(C)cn3c2CC(=O)C2COc3ccccc3O2)cc1. The predicted octanol–water partition coefficient (Wildman–Crippen LogP) is 4.57. The molecule has 1 atom stereocenters. The lowest BCUT2D eigenvalue weighted by Crippen LogP contribution is -2.37. The number of benzene rings is 2. The van der Waals surface area contributed by atoms with Gasteiger partial charge in [0.1, 0.15) is 12.3 Å². The van der Waals surface area contributed by atoms with Crippen LogP contribution in [-0.4, -0.2) is 27.9 Å². The number of carbonyl (C=O) groups excluding carboxylic acids is 1. The van der Waals surface area contributed by atoms with Crippen LogP contribution in [0.15, 0.2) is 66.9 Å². The molecule has 0 N–H and O–H groups in total. The Hall–Kier alpha value is -3.60. The highest BCUT2D eigenvalue weighted by Gasteiger charge is 2.29. The van der Waals surface area contributed by atoms with Gasteiger partial charge in [-0.25, -0.2) is 4.98 Å². The van der Waals surface area contributed by atoms with Crippen LogP contribution in [0, 0.1) is 13.8 Å². The molecule has 0 bridgehead atoms. The highest BCUT2D eigenvalue weighted by Crippen LogP contribution is 2.32. The third kappa shape index (κ3) is 3.32. The number of aromatic nitrogens is 2. The van der Waals surface area contributed by atoms with Gasteiger partial charge in [0, 0.05) is 11.8 Å². The molecule has 5 nitrogen and oxygen atoms in total. The van der Waals surface area contributed by atoms with Gasteiger partial charge in [-0.3, -0.25) is 4.79 Å². The lowest BCUT2D eigenvalue weighted by atomic mass is 10.0. The Morgan fingerprint density at radius 2 is 1.73 bits per heavy atom. The first-order valence-corrected chi connectivity index (χ1v) is 10.0. The van der Waals surface area contributed by atoms with E-state index in [0.29, 0.717) is 11.5 Å². The van der Waals surface area contributed by atoms with Gasteiger partial charge in [0.2, 0.25) is 0 Å². The Labute approximate surface area is 174 Å². The van der Waals surface area contributed by atoms with E-state index in [0.717, 1.165) is 28.2 Å². The first-order valence-electron chi connectivity index (χ1n) is 10.0. The summed E-state index contributed by atoms with van der Waals surface area (Å²) in [6.45, 7) is 4.30. The summed E-state index contributed by atoms with van der Waals surface area (Å²) in [4.78, 5) is 18.0. The molecule has 0 aliphatic carbocycles. The number of ether oxygens (including phenoxy) is 2. The number of hydrogen-bond donors (Lipinski definition) is 0. The Balaban J connectivity index is 1.51. The lowest BCUT2D eigenvalue weighted by molar-refractivity contribution is -0.127. The largest absolute Gasteiger partial charge is 0.485 e. The second kappa shape index (κ2) is 7.34. The highest BCUT2D eigenvalue weighted by molar-refractivity contribution is 5.87. The molecule has 0 saturated carbocycles. The maximum atomic E-state index is 13.2. The minimum absolute atomic E-state index is 0.0267. The molecule has 0 spiro atoms. The molecular formula is C25H22N2O3. The van der Waals surface area contributed by atoms with Crippen molar-refractivity contribution in [1.82, 2.24) is 9.38 Å². The number of Topliss-reactive ketones (excluding diaryl/α,β-unsaturated/α-hetero) is 1. The summed E-state index contributed by atoms with van der Waals surface area (Å²) in [6.07, 6.45) is 1.60. The van der Waals surface area contributed by atoms with Crippen LogP contribution in [0.4, 0.5) is 0 Å². The average molecular weight is 398 g/mol. The lowest BCUT2D eigenvalue weighted by Gasteiger charge is -2.25. The van der Waals surface area contributed by atoms with Crippen LogP contribution in [0.1, 0.15) is 16.8 Å². The third-order valence-electron chi connectivity index (χ3n) is 5.40. The van der Waals surface area contributed by atoms with Crippen molar-refractivity contribution in [3.05, 3.63) is 83.7 Å². The zero-order chi connectivity index (χ0) is 20.7. The zero-order valence-corrected chi connectivity index (χ0v) is 17.0. The number of fused-ring (bicyclic) bond motifs is 2. The summed E-state index contributed by atoms with van der Waals surface area (Å²) in [5, 5.41) is 0. The van der Waals surface area contributed by atoms with Gasteiger partial charge < -0.3 is 13.9 Å². The predicted molar refractivity (Wildman–Crippen MR) is 115 cm³/mol. The van der Waals surface area contributed by atoms with E-state index in [9.17, 15) is 4.79 Å². The van der Waals surface area contributed by atoms with E-state index in [4.69, 9.17) is 14.5 Å². The number of rotatable bonds is 4. The molecule has 1 aliphatic rings. The number of ketones is 1. The quantitative estimate of drug-likeness (QED) is 0.505. The number of hydrogen-bond acceptors (Lipinski definition) is 4. The number of aryl methyl sites for hydroxylation is 2. The van der Waals surface area contributed by atoms with Crippen LogP contribution in [-0.2, 0) is 11.2 Å². The number of para-hydroxylation sites is 2. The summed E-state index contributed by atoms with van der Waals surface area (Å²) < 4.78 is 13.7. The van der Waals surface area contributed by atoms with Crippen LogP contribution in [0.2, 0.25) is 0 Å². The van der Waals surface area contributed by atoms with Crippen LogP contribution in [0.5, 0.6) is 11.5 Å². The van der Waals surface area contributed by atoms with Gasteiger partial charge in [-0.2, -0.15) is 0 Å². The number of carbonyl (C=O) groups is 1. The molecule has 5 heteroatoms. The molecule has 1 aliphatic heterocycles. The fourth-order valence-electron chi connectivity index (χ4n) is 3.77. The van der Waals surface area contributed by atoms with E-state index in [1.54, 1.807) is 0 Å². The minimum atomic E-state index is -0.638. The van der Waals surface area contributed by atoms with E-state index in [1.807, 2.05) is 53.9 Å². The fraction of sp³-hybridized carbons (Fsp3) is 0.200. The second-order valence-electron chi connectivity index (χ2n) is 7.72. The van der Waals surface area contributed by atoms with Gasteiger partial charge in [0.25, 0.3) is 0 Å². The van der Waals surface area contributed by atoms with Gasteiger partial charge in [-0.15, -0.1) is 0 Å². The van der Waals surface area contributed by atoms with E-state index >= 15 is 0 Å². The van der Waals surface area contributed by atoms with Crippen molar-refractivity contribution < 1.29 is 14.3 Å². The molecule has 3 heterocycles. The van der Waals surface area contributed by atoms with Crippen LogP contribution in [0.25, 0.3) is 16.9 Å². The first kappa shape index (κ1) is 18.4. The van der Waals surface area contributed by atoms with Crippen LogP contribution < -0.4 is 9.47 Å². The fourth-order valence-corrected chi connectivity index (χ4v) is 3.77. The molecule has 1 unspecified atom stereocenters. The van der Waals surface area contributed by atoms with E-state index in [2.05, 4.69) is 31.2 Å². The van der Waals surface area contributed by atoms with Gasteiger partial charge in [0.15, 0.2) is 23.4 Å². The third-order valence-corrected chi connectivity index (χ3v) is 5.40. The summed E-state index contributed by atoms with van der Waals surface area (Å²) in [5.74, 6) is 1.25. The van der Waals surface area contributed by atoms with Crippen LogP contribution >= 0.6 is 0 Å². The van der Waals surface area contributed by atoms with Crippen molar-refractivity contribution in [2.24, 2.45) is 0 Å². The van der Waals surface area contributed by atoms with E-state index < -0.39 is 6.10 Å². The molecule has 2 aromatic carbocycles. The van der Waals surface area contributed by atoms with E-state index in [-0.39, 0.29) is 18.8 Å². The second-order valence-corrected chi connectivity index (χ2v) is 7.72. The number of pyridine rings is 1. The Morgan fingerprint density at radius 3 is 2.53 bits per heavy atom. The monoisotopic (exact) mass is 398 g/mol. The van der Waals surface area contributed by atoms with Crippen molar-refractivity contribution in [3.63, 3.8) is 0 Å². The Bertz CT molecular complexity index is 1240. The van der Waals surface area contributed by atoms with Crippen molar-refractivity contribution in [3.8, 4) is 22.8 Å². The standard InChI is InChI=1S/C25H22N2O3/c1-16-7-10-18(11-8-16)25-19(27-14-17(2)9-12-24(27)26-25)13-20(28)23-15-29-21-5-3-4-6-22(21)30-23/h3-12,14,23H,13,15H2,1-2H3. The summed E-state index contributed by atoms with van der Waals surface area (Å²) in [7, 11) is 0. The molecule has 30 heavy (non-hydrogen) atoms. The normalized spacial score (nSPS) is 15.3. The molecular weight excluding hydrogens is 376 g/mol. The van der Waals surface area contributed by atoms with Gasteiger partial charge in [-0.1, -0.05) is 48.0 Å². The molecule has 0 fully saturated rings. The van der Waals surface area contributed by atoms with E-state index in [1.165, 1.54) is 5.56 Å². The van der Waals surface area contributed by atoms with Crippen molar-refractivity contribution >= 4 is 11.4 Å². The summed E-state index contributed by atoms with van der Waals surface area (Å²) in [5.41, 5.74) is 5.80. The average Bonchev–Trinajstić information content (AvgIpc) is 3.11. The number of imidazole rings is 1. The smallest absolute Gasteiger partial charge is 0.191 e. The molecule has 2 aromatic heterocycles.